The van der Waals surface area contributed by atoms with Gasteiger partial charge in [-0.1, -0.05) is 0 Å². The third-order valence-corrected chi connectivity index (χ3v) is 5.88. The van der Waals surface area contributed by atoms with Crippen LogP contribution in [0.2, 0.25) is 0 Å². The van der Waals surface area contributed by atoms with Crippen molar-refractivity contribution >= 4 is 23.0 Å². The first-order valence-electron chi connectivity index (χ1n) is 9.87. The van der Waals surface area contributed by atoms with Gasteiger partial charge in [0.05, 0.1) is 5.69 Å². The van der Waals surface area contributed by atoms with E-state index in [1.165, 1.54) is 0 Å². The maximum absolute atomic E-state index is 12.4. The molecule has 30 heavy (non-hydrogen) atoms. The molecule has 1 aliphatic heterocycles. The second kappa shape index (κ2) is 7.36. The van der Waals surface area contributed by atoms with Gasteiger partial charge < -0.3 is 15.0 Å². The SMILES string of the molecule is Cc1nccc(COC(=O)N2CC3C(CNC(=O)c4ccc5n[nH]nc5c4)C3C2)n1. The van der Waals surface area contributed by atoms with E-state index in [9.17, 15) is 9.59 Å². The number of carbonyl (C=O) groups excluding carboxylic acids is 2. The van der Waals surface area contributed by atoms with Crippen LogP contribution in [0.5, 0.6) is 0 Å². The van der Waals surface area contributed by atoms with Gasteiger partial charge in [-0.25, -0.2) is 14.8 Å². The van der Waals surface area contributed by atoms with Crippen LogP contribution in [0.25, 0.3) is 11.0 Å². The molecule has 1 saturated heterocycles. The fourth-order valence-electron chi connectivity index (χ4n) is 4.21. The second-order valence-electron chi connectivity index (χ2n) is 7.78. The summed E-state index contributed by atoms with van der Waals surface area (Å²) in [6.07, 6.45) is 1.33. The lowest BCUT2D eigenvalue weighted by Gasteiger charge is -2.19. The average molecular weight is 407 g/mol. The molecule has 10 nitrogen and oxygen atoms in total. The van der Waals surface area contributed by atoms with Crippen molar-refractivity contribution in [3.63, 3.8) is 0 Å². The molecular weight excluding hydrogens is 386 g/mol. The lowest BCUT2D eigenvalue weighted by Crippen LogP contribution is -2.34. The number of hydrogen-bond donors (Lipinski definition) is 2. The summed E-state index contributed by atoms with van der Waals surface area (Å²) in [4.78, 5) is 34.7. The van der Waals surface area contributed by atoms with Gasteiger partial charge in [0.1, 0.15) is 23.5 Å². The van der Waals surface area contributed by atoms with E-state index in [2.05, 4.69) is 30.7 Å². The molecule has 1 saturated carbocycles. The van der Waals surface area contributed by atoms with Gasteiger partial charge in [-0.15, -0.1) is 0 Å². The van der Waals surface area contributed by atoms with Gasteiger partial charge in [0.15, 0.2) is 0 Å². The minimum atomic E-state index is -0.317. The zero-order valence-electron chi connectivity index (χ0n) is 16.4. The number of carbonyl (C=O) groups is 2. The van der Waals surface area contributed by atoms with Crippen LogP contribution < -0.4 is 5.32 Å². The molecule has 154 valence electrons. The van der Waals surface area contributed by atoms with Crippen molar-refractivity contribution in [3.8, 4) is 0 Å². The van der Waals surface area contributed by atoms with Crippen molar-refractivity contribution in [2.75, 3.05) is 19.6 Å². The fourth-order valence-corrected chi connectivity index (χ4v) is 4.21. The van der Waals surface area contributed by atoms with Crippen molar-refractivity contribution in [2.45, 2.75) is 13.5 Å². The summed E-state index contributed by atoms with van der Waals surface area (Å²) >= 11 is 0. The third kappa shape index (κ3) is 3.56. The van der Waals surface area contributed by atoms with Crippen LogP contribution in [0.1, 0.15) is 21.9 Å². The zero-order valence-corrected chi connectivity index (χ0v) is 16.4. The van der Waals surface area contributed by atoms with Crippen molar-refractivity contribution in [1.82, 2.24) is 35.6 Å². The lowest BCUT2D eigenvalue weighted by molar-refractivity contribution is 0.0928. The molecular formula is C20H21N7O3. The van der Waals surface area contributed by atoms with Gasteiger partial charge in [0, 0.05) is 31.4 Å². The lowest BCUT2D eigenvalue weighted by atomic mass is 10.2. The number of benzene rings is 1. The number of ether oxygens (including phenoxy) is 1. The molecule has 2 aliphatic rings. The maximum Gasteiger partial charge on any atom is 0.410 e. The highest BCUT2D eigenvalue weighted by Gasteiger charge is 2.56. The number of rotatable bonds is 5. The highest BCUT2D eigenvalue weighted by molar-refractivity contribution is 5.97. The fraction of sp³-hybridized carbons (Fsp3) is 0.400. The Morgan fingerprint density at radius 1 is 1.20 bits per heavy atom. The molecule has 10 heteroatoms. The Kier molecular flexibility index (Phi) is 4.53. The number of aromatic nitrogens is 5. The number of nitrogens with zero attached hydrogens (tertiary/aromatic N) is 5. The van der Waals surface area contributed by atoms with Crippen molar-refractivity contribution in [1.29, 1.82) is 0 Å². The van der Waals surface area contributed by atoms with Gasteiger partial charge in [-0.05, 0) is 48.9 Å². The number of H-pyrrole nitrogens is 1. The molecule has 1 aliphatic carbocycles. The molecule has 2 amide bonds. The van der Waals surface area contributed by atoms with Gasteiger partial charge in [0.25, 0.3) is 5.91 Å². The first-order valence-corrected chi connectivity index (χ1v) is 9.87. The topological polar surface area (TPSA) is 126 Å². The van der Waals surface area contributed by atoms with Crippen LogP contribution in [-0.2, 0) is 11.3 Å². The van der Waals surface area contributed by atoms with E-state index in [0.717, 1.165) is 5.52 Å². The number of nitrogens with one attached hydrogen (secondary N) is 2. The number of aryl methyl sites for hydroxylation is 1. The van der Waals surface area contributed by atoms with Crippen LogP contribution >= 0.6 is 0 Å². The van der Waals surface area contributed by atoms with Crippen LogP contribution in [0, 0.1) is 24.7 Å². The Morgan fingerprint density at radius 2 is 2.00 bits per heavy atom. The molecule has 2 atom stereocenters. The van der Waals surface area contributed by atoms with Gasteiger partial charge in [0.2, 0.25) is 0 Å². The first kappa shape index (κ1) is 18.5. The van der Waals surface area contributed by atoms with Crippen LogP contribution in [0.3, 0.4) is 0 Å². The minimum Gasteiger partial charge on any atom is -0.443 e. The molecule has 2 fully saturated rings. The number of aromatic amines is 1. The molecule has 2 unspecified atom stereocenters. The van der Waals surface area contributed by atoms with E-state index in [-0.39, 0.29) is 18.6 Å². The Labute approximate surface area is 172 Å². The first-order chi connectivity index (χ1) is 14.6. The number of amides is 2. The van der Waals surface area contributed by atoms with Crippen molar-refractivity contribution < 1.29 is 14.3 Å². The predicted octanol–water partition coefficient (Wildman–Crippen LogP) is 1.30. The quantitative estimate of drug-likeness (QED) is 0.653. The van der Waals surface area contributed by atoms with Crippen molar-refractivity contribution in [2.24, 2.45) is 17.8 Å². The second-order valence-corrected chi connectivity index (χ2v) is 7.78. The maximum atomic E-state index is 12.4. The van der Waals surface area contributed by atoms with Crippen LogP contribution in [0.4, 0.5) is 4.79 Å². The Balaban J connectivity index is 1.07. The number of fused-ring (bicyclic) bond motifs is 2. The summed E-state index contributed by atoms with van der Waals surface area (Å²) in [6.45, 7) is 3.87. The molecule has 0 radical (unpaired) electrons. The van der Waals surface area contributed by atoms with E-state index in [1.54, 1.807) is 42.3 Å². The number of hydrogen-bond acceptors (Lipinski definition) is 7. The van der Waals surface area contributed by atoms with Gasteiger partial charge in [-0.3, -0.25) is 4.79 Å². The van der Waals surface area contributed by atoms with E-state index in [4.69, 9.17) is 4.74 Å². The summed E-state index contributed by atoms with van der Waals surface area (Å²) in [5.74, 6) is 1.76. The highest BCUT2D eigenvalue weighted by Crippen LogP contribution is 2.51. The molecule has 0 bridgehead atoms. The Bertz CT molecular complexity index is 1100. The van der Waals surface area contributed by atoms with E-state index in [1.807, 2.05) is 0 Å². The number of likely N-dealkylation sites (tertiary alicyclic amines) is 1. The summed E-state index contributed by atoms with van der Waals surface area (Å²) in [5, 5.41) is 13.5. The summed E-state index contributed by atoms with van der Waals surface area (Å²) in [7, 11) is 0. The van der Waals surface area contributed by atoms with Crippen LogP contribution in [-0.4, -0.2) is 61.9 Å². The highest BCUT2D eigenvalue weighted by atomic mass is 16.6. The zero-order chi connectivity index (χ0) is 20.7. The molecule has 0 spiro atoms. The predicted molar refractivity (Wildman–Crippen MR) is 105 cm³/mol. The van der Waals surface area contributed by atoms with Gasteiger partial charge in [-0.2, -0.15) is 15.4 Å². The monoisotopic (exact) mass is 407 g/mol. The minimum absolute atomic E-state index is 0.124. The van der Waals surface area contributed by atoms with E-state index >= 15 is 0 Å². The van der Waals surface area contributed by atoms with Gasteiger partial charge >= 0.3 is 6.09 Å². The standard InChI is InChI=1S/C20H21N7O3/c1-11-21-5-4-13(23-11)10-30-20(29)27-8-15-14(16(15)9-27)7-22-19(28)12-2-3-17-18(6-12)25-26-24-17/h2-6,14-16H,7-10H2,1H3,(H,22,28)(H,24,25,26). The molecule has 3 aromatic rings. The number of piperidine rings is 1. The van der Waals surface area contributed by atoms with E-state index < -0.39 is 0 Å². The summed E-state index contributed by atoms with van der Waals surface area (Å²) < 4.78 is 5.37. The molecule has 2 N–H and O–H groups in total. The largest absolute Gasteiger partial charge is 0.443 e. The molecule has 2 aromatic heterocycles. The third-order valence-electron chi connectivity index (χ3n) is 5.88. The average Bonchev–Trinajstić information content (AvgIpc) is 3.12. The molecule has 5 rings (SSSR count). The normalized spacial score (nSPS) is 22.0. The van der Waals surface area contributed by atoms with Crippen molar-refractivity contribution in [3.05, 3.63) is 47.5 Å². The molecule has 3 heterocycles. The Morgan fingerprint density at radius 3 is 2.80 bits per heavy atom. The van der Waals surface area contributed by atoms with Crippen LogP contribution in [0.15, 0.2) is 30.5 Å². The summed E-state index contributed by atoms with van der Waals surface area (Å²) in [6, 6.07) is 6.97. The smallest absolute Gasteiger partial charge is 0.410 e. The van der Waals surface area contributed by atoms with E-state index in [0.29, 0.717) is 60.0 Å². The molecule has 1 aromatic carbocycles. The Hall–Kier alpha value is -3.56. The summed E-state index contributed by atoms with van der Waals surface area (Å²) in [5.41, 5.74) is 2.64.